The third-order valence-corrected chi connectivity index (χ3v) is 8.08. The van der Waals surface area contributed by atoms with Crippen LogP contribution in [0.1, 0.15) is 63.5 Å². The average molecular weight is 427 g/mol. The minimum atomic E-state index is -1.20. The van der Waals surface area contributed by atoms with E-state index in [1.165, 1.54) is 4.90 Å². The van der Waals surface area contributed by atoms with E-state index in [1.54, 1.807) is 6.92 Å². The van der Waals surface area contributed by atoms with Crippen molar-refractivity contribution in [1.82, 2.24) is 4.90 Å². The normalized spacial score (nSPS) is 34.1. The highest BCUT2D eigenvalue weighted by molar-refractivity contribution is 6.14. The zero-order valence-corrected chi connectivity index (χ0v) is 18.3. The average Bonchev–Trinajstić information content (AvgIpc) is 3.23. The number of para-hydroxylation sites is 1. The van der Waals surface area contributed by atoms with Crippen LogP contribution in [0.4, 0.5) is 5.69 Å². The maximum Gasteiger partial charge on any atom is 0.291 e. The van der Waals surface area contributed by atoms with Gasteiger partial charge in [0.25, 0.3) is 5.91 Å². The molecule has 3 fully saturated rings. The Kier molecular flexibility index (Phi) is 4.94. The number of nitrogens with two attached hydrogens (primary N) is 1. The predicted octanol–water partition coefficient (Wildman–Crippen LogP) is 1.05. The fourth-order valence-corrected chi connectivity index (χ4v) is 6.61. The molecule has 1 aromatic carbocycles. The standard InChI is InChI=1S/C24H31N3O4/c1-3-14-9-8-12-16-20(14)25-23(31)24(16)18-17(19(26-24)13(2)28)21(29)27(22(18)30)15-10-6-4-5-7-11-15/h8-9,12-13,15,17-19,26,28H,3-7,10-11H2,1-2H3,(H,25,31)/p+1/t13-,17+,18+,19-,24+/m1/s1. The van der Waals surface area contributed by atoms with Gasteiger partial charge in [-0.3, -0.25) is 19.3 Å². The molecule has 3 amide bonds. The molecule has 1 aliphatic carbocycles. The highest BCUT2D eigenvalue weighted by Crippen LogP contribution is 2.51. The van der Waals surface area contributed by atoms with Crippen LogP contribution in [0.2, 0.25) is 0 Å². The molecule has 2 saturated heterocycles. The number of imide groups is 1. The van der Waals surface area contributed by atoms with Crippen LogP contribution in [-0.2, 0) is 26.3 Å². The van der Waals surface area contributed by atoms with E-state index in [0.717, 1.165) is 61.8 Å². The zero-order chi connectivity index (χ0) is 21.9. The Morgan fingerprint density at radius 1 is 1.16 bits per heavy atom. The number of fused-ring (bicyclic) bond motifs is 4. The number of anilines is 1. The van der Waals surface area contributed by atoms with Gasteiger partial charge in [-0.05, 0) is 31.7 Å². The number of nitrogens with one attached hydrogen (secondary N) is 1. The van der Waals surface area contributed by atoms with E-state index in [9.17, 15) is 19.5 Å². The molecule has 7 heteroatoms. The summed E-state index contributed by atoms with van der Waals surface area (Å²) in [5.74, 6) is -2.14. The maximum absolute atomic E-state index is 13.9. The van der Waals surface area contributed by atoms with Gasteiger partial charge in [0.15, 0.2) is 0 Å². The van der Waals surface area contributed by atoms with E-state index in [0.29, 0.717) is 0 Å². The minimum absolute atomic E-state index is 0.0919. The van der Waals surface area contributed by atoms with Gasteiger partial charge in [0, 0.05) is 11.6 Å². The molecule has 3 heterocycles. The lowest BCUT2D eigenvalue weighted by Gasteiger charge is -2.30. The van der Waals surface area contributed by atoms with Crippen molar-refractivity contribution in [1.29, 1.82) is 0 Å². The Morgan fingerprint density at radius 3 is 2.52 bits per heavy atom. The second-order valence-corrected chi connectivity index (χ2v) is 9.70. The smallest absolute Gasteiger partial charge is 0.291 e. The number of benzene rings is 1. The summed E-state index contributed by atoms with van der Waals surface area (Å²) in [6, 6.07) is 5.18. The summed E-state index contributed by atoms with van der Waals surface area (Å²) in [4.78, 5) is 42.5. The quantitative estimate of drug-likeness (QED) is 0.496. The zero-order valence-electron chi connectivity index (χ0n) is 18.3. The Morgan fingerprint density at radius 2 is 1.87 bits per heavy atom. The molecule has 7 nitrogen and oxygen atoms in total. The lowest BCUT2D eigenvalue weighted by atomic mass is 9.76. The number of nitrogens with zero attached hydrogens (tertiary/aromatic N) is 1. The van der Waals surface area contributed by atoms with Crippen molar-refractivity contribution in [3.8, 4) is 0 Å². The highest BCUT2D eigenvalue weighted by Gasteiger charge is 2.75. The highest BCUT2D eigenvalue weighted by atomic mass is 16.3. The van der Waals surface area contributed by atoms with Gasteiger partial charge in [0.1, 0.15) is 24.0 Å². The molecule has 5 rings (SSSR count). The molecule has 1 spiro atoms. The van der Waals surface area contributed by atoms with Crippen LogP contribution in [0, 0.1) is 11.8 Å². The van der Waals surface area contributed by atoms with Gasteiger partial charge in [-0.25, -0.2) is 0 Å². The second-order valence-electron chi connectivity index (χ2n) is 9.70. The van der Waals surface area contributed by atoms with Crippen LogP contribution < -0.4 is 10.6 Å². The first kappa shape index (κ1) is 20.6. The molecule has 1 saturated carbocycles. The third-order valence-electron chi connectivity index (χ3n) is 8.08. The van der Waals surface area contributed by atoms with Gasteiger partial charge in [-0.2, -0.15) is 0 Å². The number of hydrogen-bond donors (Lipinski definition) is 3. The molecule has 3 aliphatic heterocycles. The number of amides is 3. The minimum Gasteiger partial charge on any atom is -0.387 e. The molecular formula is C24H32N3O4+. The number of aliphatic hydroxyl groups excluding tert-OH is 1. The van der Waals surface area contributed by atoms with Crippen LogP contribution in [0.5, 0.6) is 0 Å². The molecular weight excluding hydrogens is 394 g/mol. The van der Waals surface area contributed by atoms with Crippen molar-refractivity contribution >= 4 is 23.4 Å². The Balaban J connectivity index is 1.63. The molecule has 4 N–H and O–H groups in total. The Bertz CT molecular complexity index is 937. The van der Waals surface area contributed by atoms with Gasteiger partial charge < -0.3 is 15.7 Å². The van der Waals surface area contributed by atoms with Gasteiger partial charge in [-0.1, -0.05) is 50.8 Å². The lowest BCUT2D eigenvalue weighted by Crippen LogP contribution is -3.00. The number of aliphatic hydroxyl groups is 1. The number of carbonyl (C=O) groups excluding carboxylic acids is 3. The summed E-state index contributed by atoms with van der Waals surface area (Å²) >= 11 is 0. The van der Waals surface area contributed by atoms with Gasteiger partial charge in [0.05, 0.1) is 5.69 Å². The first-order valence-electron chi connectivity index (χ1n) is 11.8. The Hall–Kier alpha value is -2.25. The van der Waals surface area contributed by atoms with E-state index >= 15 is 0 Å². The molecule has 166 valence electrons. The first-order valence-corrected chi connectivity index (χ1v) is 11.8. The number of quaternary nitrogens is 1. The number of aryl methyl sites for hydroxylation is 1. The van der Waals surface area contributed by atoms with Gasteiger partial charge >= 0.3 is 0 Å². The summed E-state index contributed by atoms with van der Waals surface area (Å²) in [5, 5.41) is 15.4. The fraction of sp³-hybridized carbons (Fsp3) is 0.625. The lowest BCUT2D eigenvalue weighted by molar-refractivity contribution is -0.738. The SMILES string of the molecule is CCc1cccc2c1NC(=O)[C@]21[NH2+][C@H]([C@@H](C)O)[C@H]2C(=O)N(C3CCCCCC3)C(=O)[C@H]21. The van der Waals surface area contributed by atoms with Crippen LogP contribution in [0.3, 0.4) is 0 Å². The Labute approximate surface area is 182 Å². The van der Waals surface area contributed by atoms with Crippen LogP contribution >= 0.6 is 0 Å². The molecule has 0 unspecified atom stereocenters. The second kappa shape index (κ2) is 7.41. The van der Waals surface area contributed by atoms with E-state index < -0.39 is 29.5 Å². The van der Waals surface area contributed by atoms with Crippen LogP contribution in [0.25, 0.3) is 0 Å². The van der Waals surface area contributed by atoms with Crippen LogP contribution in [-0.4, -0.2) is 45.9 Å². The molecule has 0 bridgehead atoms. The molecule has 4 aliphatic rings. The monoisotopic (exact) mass is 426 g/mol. The molecule has 31 heavy (non-hydrogen) atoms. The van der Waals surface area contributed by atoms with Crippen molar-refractivity contribution < 1.29 is 24.8 Å². The molecule has 0 radical (unpaired) electrons. The molecule has 0 aromatic heterocycles. The van der Waals surface area contributed by atoms with Crippen molar-refractivity contribution in [2.75, 3.05) is 5.32 Å². The number of likely N-dealkylation sites (tertiary alicyclic amines) is 1. The summed E-state index contributed by atoms with van der Waals surface area (Å²) in [6.45, 7) is 3.68. The maximum atomic E-state index is 13.9. The van der Waals surface area contributed by atoms with Gasteiger partial charge in [-0.15, -0.1) is 0 Å². The molecule has 1 aromatic rings. The van der Waals surface area contributed by atoms with Crippen molar-refractivity contribution in [3.63, 3.8) is 0 Å². The first-order chi connectivity index (χ1) is 14.9. The molecule has 5 atom stereocenters. The summed E-state index contributed by atoms with van der Waals surface area (Å²) < 4.78 is 0. The van der Waals surface area contributed by atoms with E-state index in [-0.39, 0.29) is 23.8 Å². The topological polar surface area (TPSA) is 103 Å². The van der Waals surface area contributed by atoms with Crippen molar-refractivity contribution in [2.24, 2.45) is 11.8 Å². The van der Waals surface area contributed by atoms with E-state index in [4.69, 9.17) is 0 Å². The fourth-order valence-electron chi connectivity index (χ4n) is 6.61. The largest absolute Gasteiger partial charge is 0.387 e. The third kappa shape index (κ3) is 2.75. The van der Waals surface area contributed by atoms with Crippen molar-refractivity contribution in [2.45, 2.75) is 82.5 Å². The summed E-state index contributed by atoms with van der Waals surface area (Å²) in [7, 11) is 0. The van der Waals surface area contributed by atoms with E-state index in [1.807, 2.05) is 30.4 Å². The van der Waals surface area contributed by atoms with Crippen LogP contribution in [0.15, 0.2) is 18.2 Å². The predicted molar refractivity (Wildman–Crippen MR) is 114 cm³/mol. The van der Waals surface area contributed by atoms with E-state index in [2.05, 4.69) is 5.32 Å². The summed E-state index contributed by atoms with van der Waals surface area (Å²) in [5.41, 5.74) is 1.37. The number of rotatable bonds is 3. The van der Waals surface area contributed by atoms with Crippen molar-refractivity contribution in [3.05, 3.63) is 29.3 Å². The number of hydrogen-bond acceptors (Lipinski definition) is 4. The summed E-state index contributed by atoms with van der Waals surface area (Å²) in [6.07, 6.45) is 5.88. The van der Waals surface area contributed by atoms with Gasteiger partial charge in [0.2, 0.25) is 17.4 Å². The number of carbonyl (C=O) groups is 3.